The predicted molar refractivity (Wildman–Crippen MR) is 136 cm³/mol. The number of carbonyl (C=O) groups excluding carboxylic acids is 2. The van der Waals surface area contributed by atoms with Crippen molar-refractivity contribution in [2.45, 2.75) is 39.0 Å². The zero-order chi connectivity index (χ0) is 27.6. The van der Waals surface area contributed by atoms with Crippen LogP contribution < -0.4 is 15.8 Å². The molecule has 0 spiro atoms. The van der Waals surface area contributed by atoms with Crippen molar-refractivity contribution in [3.63, 3.8) is 0 Å². The summed E-state index contributed by atoms with van der Waals surface area (Å²) in [6, 6.07) is 8.63. The maximum atomic E-state index is 14.3. The number of fused-ring (bicyclic) bond motifs is 1. The molecule has 2 heterocycles. The minimum absolute atomic E-state index is 0.0790. The quantitative estimate of drug-likeness (QED) is 0.295. The third-order valence-electron chi connectivity index (χ3n) is 5.82. The van der Waals surface area contributed by atoms with Gasteiger partial charge in [0, 0.05) is 16.6 Å². The van der Waals surface area contributed by atoms with Crippen LogP contribution in [-0.2, 0) is 16.2 Å². The zero-order valence-corrected chi connectivity index (χ0v) is 21.2. The van der Waals surface area contributed by atoms with Crippen LogP contribution in [-0.4, -0.2) is 37.8 Å². The molecule has 0 radical (unpaired) electrons. The Bertz CT molecular complexity index is 1530. The van der Waals surface area contributed by atoms with E-state index in [1.54, 1.807) is 38.1 Å². The second kappa shape index (κ2) is 11.1. The van der Waals surface area contributed by atoms with Gasteiger partial charge in [-0.05, 0) is 43.7 Å². The first kappa shape index (κ1) is 27.0. The number of carbonyl (C=O) groups is 2. The molecular weight excluding hydrogens is 520 g/mol. The molecule has 4 rings (SSSR count). The summed E-state index contributed by atoms with van der Waals surface area (Å²) in [6.07, 6.45) is 0.170. The van der Waals surface area contributed by atoms with Crippen molar-refractivity contribution in [2.75, 3.05) is 0 Å². The third kappa shape index (κ3) is 5.90. The second-order valence-electron chi connectivity index (χ2n) is 8.69. The summed E-state index contributed by atoms with van der Waals surface area (Å²) in [4.78, 5) is 27.9. The lowest BCUT2D eigenvalue weighted by Gasteiger charge is -2.20. The van der Waals surface area contributed by atoms with Crippen LogP contribution in [0.25, 0.3) is 16.6 Å². The van der Waals surface area contributed by atoms with Gasteiger partial charge < -0.3 is 20.9 Å². The fraction of sp³-hybridized carbons (Fsp3) is 0.231. The van der Waals surface area contributed by atoms with Gasteiger partial charge in [-0.15, -0.1) is 0 Å². The molecule has 2 atom stereocenters. The second-order valence-corrected chi connectivity index (χ2v) is 9.10. The van der Waals surface area contributed by atoms with Crippen LogP contribution in [0.4, 0.5) is 8.78 Å². The lowest BCUT2D eigenvalue weighted by molar-refractivity contribution is -0.132. The summed E-state index contributed by atoms with van der Waals surface area (Å²) < 4.78 is 35.4. The molecule has 0 saturated carbocycles. The predicted octanol–water partition coefficient (Wildman–Crippen LogP) is 3.65. The molecule has 4 aromatic rings. The largest absolute Gasteiger partial charge is 0.487 e. The van der Waals surface area contributed by atoms with Crippen molar-refractivity contribution in [3.05, 3.63) is 82.3 Å². The number of primary amides is 1. The first-order valence-corrected chi connectivity index (χ1v) is 11.9. The number of aromatic nitrogens is 3. The molecule has 0 aliphatic carbocycles. The van der Waals surface area contributed by atoms with E-state index in [0.29, 0.717) is 39.2 Å². The van der Waals surface area contributed by atoms with Gasteiger partial charge >= 0.3 is 0 Å². The molecule has 0 fully saturated rings. The normalized spacial score (nSPS) is 12.8. The van der Waals surface area contributed by atoms with Crippen molar-refractivity contribution in [1.29, 1.82) is 0 Å². The van der Waals surface area contributed by atoms with E-state index in [1.807, 2.05) is 0 Å². The number of nitrogens with one attached hydrogen (secondary N) is 1. The van der Waals surface area contributed by atoms with E-state index in [1.165, 1.54) is 16.9 Å². The Kier molecular flexibility index (Phi) is 7.88. The van der Waals surface area contributed by atoms with Gasteiger partial charge in [-0.1, -0.05) is 23.7 Å². The molecule has 2 aromatic carbocycles. The van der Waals surface area contributed by atoms with Crippen LogP contribution in [0.1, 0.15) is 36.2 Å². The lowest BCUT2D eigenvalue weighted by Crippen LogP contribution is -2.36. The summed E-state index contributed by atoms with van der Waals surface area (Å²) in [7, 11) is 0. The van der Waals surface area contributed by atoms with Crippen LogP contribution in [0.15, 0.2) is 48.8 Å². The van der Waals surface area contributed by atoms with E-state index in [4.69, 9.17) is 22.1 Å². The Labute approximate surface area is 221 Å². The molecule has 0 aliphatic rings. The number of halogens is 3. The van der Waals surface area contributed by atoms with Crippen molar-refractivity contribution in [2.24, 2.45) is 5.73 Å². The van der Waals surface area contributed by atoms with Crippen LogP contribution in [0.2, 0.25) is 5.02 Å². The third-order valence-corrected chi connectivity index (χ3v) is 6.16. The number of nitrogens with two attached hydrogens (primary N) is 1. The molecule has 38 heavy (non-hydrogen) atoms. The Balaban J connectivity index is 1.63. The minimum atomic E-state index is -1.65. The molecule has 12 heteroatoms. The highest BCUT2D eigenvalue weighted by Gasteiger charge is 2.22. The van der Waals surface area contributed by atoms with Gasteiger partial charge in [0.05, 0.1) is 35.6 Å². The molecule has 0 saturated heterocycles. The van der Waals surface area contributed by atoms with Crippen molar-refractivity contribution >= 4 is 34.3 Å². The van der Waals surface area contributed by atoms with Gasteiger partial charge in [0.2, 0.25) is 11.8 Å². The van der Waals surface area contributed by atoms with E-state index in [0.717, 1.165) is 12.3 Å². The average Bonchev–Trinajstić information content (AvgIpc) is 3.28. The first-order valence-electron chi connectivity index (χ1n) is 11.5. The molecule has 198 valence electrons. The summed E-state index contributed by atoms with van der Waals surface area (Å²) in [5.74, 6) is -2.40. The number of benzene rings is 2. The number of para-hydroxylation sites is 1. The first-order chi connectivity index (χ1) is 18.0. The zero-order valence-electron chi connectivity index (χ0n) is 20.4. The van der Waals surface area contributed by atoms with E-state index < -0.39 is 42.0 Å². The van der Waals surface area contributed by atoms with Gasteiger partial charge in [-0.3, -0.25) is 9.59 Å². The van der Waals surface area contributed by atoms with Crippen LogP contribution in [0.3, 0.4) is 0 Å². The smallest absolute Gasteiger partial charge is 0.246 e. The Morgan fingerprint density at radius 1 is 1.24 bits per heavy atom. The van der Waals surface area contributed by atoms with Gasteiger partial charge in [-0.2, -0.15) is 5.10 Å². The number of pyridine rings is 1. The molecule has 0 bridgehead atoms. The molecule has 0 unspecified atom stereocenters. The molecular formula is C26H24ClF2N5O4. The number of aliphatic hydroxyl groups is 1. The fourth-order valence-electron chi connectivity index (χ4n) is 4.03. The maximum absolute atomic E-state index is 14.3. The number of aliphatic hydroxyl groups excluding tert-OH is 1. The van der Waals surface area contributed by atoms with E-state index >= 15 is 0 Å². The number of ether oxygens (including phenoxy) is 1. The van der Waals surface area contributed by atoms with E-state index in [-0.39, 0.29) is 11.6 Å². The molecule has 2 amide bonds. The summed E-state index contributed by atoms with van der Waals surface area (Å²) in [6.45, 7) is 3.29. The minimum Gasteiger partial charge on any atom is -0.487 e. The standard InChI is InChI=1S/C26H24ClF2N5O4/c1-13-6-21(34-11-16(29)10-31-34)17-4-3-5-23(25(17)32-13)38-12-19-18(7-15(28)8-20(19)27)14(2)33-24(36)9-22(35)26(30)37/h3-8,10-11,14,22,35H,9,12H2,1-2H3,(H2,30,37)(H,33,36)/t14-,22+/m0/s1. The molecule has 0 aliphatic heterocycles. The van der Waals surface area contributed by atoms with Crippen molar-refractivity contribution < 1.29 is 28.2 Å². The van der Waals surface area contributed by atoms with Gasteiger partial charge in [-0.25, -0.2) is 18.4 Å². The molecule has 9 nitrogen and oxygen atoms in total. The summed E-state index contributed by atoms with van der Waals surface area (Å²) >= 11 is 6.36. The highest BCUT2D eigenvalue weighted by Crippen LogP contribution is 2.32. The van der Waals surface area contributed by atoms with E-state index in [2.05, 4.69) is 15.4 Å². The fourth-order valence-corrected chi connectivity index (χ4v) is 4.30. The number of nitrogens with zero attached hydrogens (tertiary/aromatic N) is 3. The van der Waals surface area contributed by atoms with Crippen molar-refractivity contribution in [1.82, 2.24) is 20.1 Å². The Morgan fingerprint density at radius 2 is 2.00 bits per heavy atom. The molecule has 2 aromatic heterocycles. The Hall–Kier alpha value is -4.09. The van der Waals surface area contributed by atoms with Crippen LogP contribution >= 0.6 is 11.6 Å². The summed E-state index contributed by atoms with van der Waals surface area (Å²) in [5.41, 5.74) is 7.51. The SMILES string of the molecule is Cc1cc(-n2cc(F)cn2)c2cccc(OCc3c(Cl)cc(F)cc3[C@H](C)NC(=O)C[C@@H](O)C(N)=O)c2n1. The number of amides is 2. The van der Waals surface area contributed by atoms with Gasteiger partial charge in [0.25, 0.3) is 0 Å². The monoisotopic (exact) mass is 543 g/mol. The average molecular weight is 544 g/mol. The highest BCUT2D eigenvalue weighted by molar-refractivity contribution is 6.31. The highest BCUT2D eigenvalue weighted by atomic mass is 35.5. The number of hydrogen-bond donors (Lipinski definition) is 3. The van der Waals surface area contributed by atoms with Gasteiger partial charge in [0.15, 0.2) is 5.82 Å². The van der Waals surface area contributed by atoms with E-state index in [9.17, 15) is 23.5 Å². The number of aryl methyl sites for hydroxylation is 1. The van der Waals surface area contributed by atoms with Gasteiger partial charge in [0.1, 0.15) is 29.8 Å². The molecule has 4 N–H and O–H groups in total. The Morgan fingerprint density at radius 3 is 2.68 bits per heavy atom. The van der Waals surface area contributed by atoms with Crippen LogP contribution in [0, 0.1) is 18.6 Å². The number of rotatable bonds is 9. The maximum Gasteiger partial charge on any atom is 0.246 e. The number of hydrogen-bond acceptors (Lipinski definition) is 6. The lowest BCUT2D eigenvalue weighted by atomic mass is 10.0. The summed E-state index contributed by atoms with van der Waals surface area (Å²) in [5, 5.41) is 17.0. The van der Waals surface area contributed by atoms with Crippen LogP contribution in [0.5, 0.6) is 5.75 Å². The van der Waals surface area contributed by atoms with Crippen molar-refractivity contribution in [3.8, 4) is 11.4 Å². The topological polar surface area (TPSA) is 132 Å².